The minimum Gasteiger partial charge on any atom is -0.310 e. The predicted octanol–water partition coefficient (Wildman–Crippen LogP) is 1.18. The fourth-order valence-electron chi connectivity index (χ4n) is 1.30. The molecule has 0 saturated heterocycles. The first kappa shape index (κ1) is 12.4. The largest absolute Gasteiger partial charge is 0.310 e. The molecule has 1 amide bonds. The van der Waals surface area contributed by atoms with Crippen molar-refractivity contribution in [1.29, 1.82) is 0 Å². The van der Waals surface area contributed by atoms with Crippen LogP contribution in [0.3, 0.4) is 0 Å². The lowest BCUT2D eigenvalue weighted by atomic mass is 10.4. The van der Waals surface area contributed by atoms with Gasteiger partial charge in [0, 0.05) is 18.7 Å². The van der Waals surface area contributed by atoms with Crippen molar-refractivity contribution in [1.82, 2.24) is 15.1 Å². The minimum absolute atomic E-state index is 0.0794. The number of nitrogens with zero attached hydrogens (tertiary/aromatic N) is 2. The lowest BCUT2D eigenvalue weighted by Crippen LogP contribution is -2.29. The molecule has 1 aromatic heterocycles. The van der Waals surface area contributed by atoms with Gasteiger partial charge in [-0.25, -0.2) is 4.68 Å². The van der Waals surface area contributed by atoms with E-state index in [0.717, 1.165) is 5.82 Å². The second-order valence-corrected chi connectivity index (χ2v) is 3.72. The fourth-order valence-corrected chi connectivity index (χ4v) is 1.30. The van der Waals surface area contributed by atoms with E-state index in [-0.39, 0.29) is 18.5 Å². The normalized spacial score (nSPS) is 10.4. The number of rotatable bonds is 6. The molecule has 0 spiro atoms. The van der Waals surface area contributed by atoms with Crippen molar-refractivity contribution in [2.75, 3.05) is 18.4 Å². The van der Waals surface area contributed by atoms with E-state index in [1.54, 1.807) is 23.0 Å². The predicted molar refractivity (Wildman–Crippen MR) is 64.3 cm³/mol. The quantitative estimate of drug-likeness (QED) is 0.561. The lowest BCUT2D eigenvalue weighted by molar-refractivity contribution is -0.115. The number of hydrogen-bond donors (Lipinski definition) is 2. The van der Waals surface area contributed by atoms with Crippen molar-refractivity contribution in [3.05, 3.63) is 24.9 Å². The van der Waals surface area contributed by atoms with Crippen molar-refractivity contribution < 1.29 is 4.79 Å². The Morgan fingerprint density at radius 2 is 2.44 bits per heavy atom. The molecule has 1 rings (SSSR count). The first-order valence-electron chi connectivity index (χ1n) is 5.30. The molecule has 5 nitrogen and oxygen atoms in total. The number of anilines is 1. The number of carbonyl (C=O) groups is 1. The molecule has 5 heteroatoms. The van der Waals surface area contributed by atoms with Gasteiger partial charge < -0.3 is 10.6 Å². The van der Waals surface area contributed by atoms with E-state index in [2.05, 4.69) is 22.3 Å². The number of hydrogen-bond acceptors (Lipinski definition) is 3. The summed E-state index contributed by atoms with van der Waals surface area (Å²) in [5, 5.41) is 9.86. The van der Waals surface area contributed by atoms with Gasteiger partial charge in [-0.3, -0.25) is 4.79 Å². The highest BCUT2D eigenvalue weighted by Gasteiger charge is 2.08. The summed E-state index contributed by atoms with van der Waals surface area (Å²) >= 11 is 0. The maximum atomic E-state index is 11.5. The van der Waals surface area contributed by atoms with Crippen LogP contribution in [0, 0.1) is 0 Å². The van der Waals surface area contributed by atoms with Crippen LogP contribution in [-0.4, -0.2) is 28.8 Å². The summed E-state index contributed by atoms with van der Waals surface area (Å²) in [6, 6.07) is 2.01. The molecule has 16 heavy (non-hydrogen) atoms. The minimum atomic E-state index is -0.0794. The maximum absolute atomic E-state index is 11.5. The zero-order chi connectivity index (χ0) is 12.0. The second kappa shape index (κ2) is 6.07. The molecule has 0 saturated carbocycles. The average Bonchev–Trinajstić information content (AvgIpc) is 2.66. The summed E-state index contributed by atoms with van der Waals surface area (Å²) in [4.78, 5) is 11.5. The molecule has 88 valence electrons. The molecule has 0 aliphatic carbocycles. The van der Waals surface area contributed by atoms with Gasteiger partial charge >= 0.3 is 0 Å². The highest BCUT2D eigenvalue weighted by molar-refractivity contribution is 5.91. The Morgan fingerprint density at radius 3 is 3.06 bits per heavy atom. The van der Waals surface area contributed by atoms with E-state index in [1.165, 1.54) is 0 Å². The van der Waals surface area contributed by atoms with Crippen LogP contribution < -0.4 is 10.6 Å². The van der Waals surface area contributed by atoms with Gasteiger partial charge in [0.25, 0.3) is 0 Å². The number of amides is 1. The van der Waals surface area contributed by atoms with Gasteiger partial charge in [0.2, 0.25) is 5.91 Å². The summed E-state index contributed by atoms with van der Waals surface area (Å²) < 4.78 is 1.77. The molecule has 0 radical (unpaired) electrons. The van der Waals surface area contributed by atoms with E-state index in [9.17, 15) is 4.79 Å². The van der Waals surface area contributed by atoms with Crippen molar-refractivity contribution in [3.8, 4) is 0 Å². The third-order valence-corrected chi connectivity index (χ3v) is 2.00. The number of nitrogens with one attached hydrogen (secondary N) is 2. The molecule has 0 aliphatic rings. The molecular formula is C11H18N4O. The molecule has 0 aliphatic heterocycles. The fraction of sp³-hybridized carbons (Fsp3) is 0.455. The molecule has 0 fully saturated rings. The van der Waals surface area contributed by atoms with E-state index in [4.69, 9.17) is 0 Å². The monoisotopic (exact) mass is 222 g/mol. The van der Waals surface area contributed by atoms with Crippen LogP contribution in [0.25, 0.3) is 0 Å². The first-order valence-corrected chi connectivity index (χ1v) is 5.30. The van der Waals surface area contributed by atoms with Crippen molar-refractivity contribution in [3.63, 3.8) is 0 Å². The van der Waals surface area contributed by atoms with Gasteiger partial charge in [-0.05, 0) is 13.8 Å². The third kappa shape index (κ3) is 3.51. The van der Waals surface area contributed by atoms with Crippen molar-refractivity contribution >= 4 is 11.7 Å². The molecular weight excluding hydrogens is 204 g/mol. The Hall–Kier alpha value is -1.62. The molecule has 2 N–H and O–H groups in total. The third-order valence-electron chi connectivity index (χ3n) is 2.00. The molecule has 0 unspecified atom stereocenters. The maximum Gasteiger partial charge on any atom is 0.239 e. The molecule has 0 bridgehead atoms. The van der Waals surface area contributed by atoms with E-state index >= 15 is 0 Å². The Kier molecular flexibility index (Phi) is 4.72. The van der Waals surface area contributed by atoms with Crippen molar-refractivity contribution in [2.24, 2.45) is 0 Å². The highest BCUT2D eigenvalue weighted by atomic mass is 16.2. The molecule has 0 aromatic carbocycles. The Balaban J connectivity index is 2.49. The lowest BCUT2D eigenvalue weighted by Gasteiger charge is -2.11. The molecule has 1 aromatic rings. The van der Waals surface area contributed by atoms with E-state index in [1.807, 2.05) is 13.8 Å². The van der Waals surface area contributed by atoms with Crippen LogP contribution in [0.1, 0.15) is 19.9 Å². The van der Waals surface area contributed by atoms with Gasteiger partial charge in [-0.2, -0.15) is 5.10 Å². The van der Waals surface area contributed by atoms with Crippen LogP contribution >= 0.6 is 0 Å². The topological polar surface area (TPSA) is 59.0 Å². The number of aromatic nitrogens is 2. The molecule has 0 atom stereocenters. The van der Waals surface area contributed by atoms with Crippen LogP contribution in [0.4, 0.5) is 5.82 Å². The van der Waals surface area contributed by atoms with Gasteiger partial charge in [0.1, 0.15) is 5.82 Å². The Labute approximate surface area is 95.5 Å². The summed E-state index contributed by atoms with van der Waals surface area (Å²) in [6.45, 7) is 8.48. The molecule has 1 heterocycles. The Bertz CT molecular complexity index is 357. The van der Waals surface area contributed by atoms with Crippen molar-refractivity contribution in [2.45, 2.75) is 19.9 Å². The summed E-state index contributed by atoms with van der Waals surface area (Å²) in [7, 11) is 0. The zero-order valence-corrected chi connectivity index (χ0v) is 9.73. The highest BCUT2D eigenvalue weighted by Crippen LogP contribution is 2.12. The van der Waals surface area contributed by atoms with Crippen LogP contribution in [-0.2, 0) is 4.79 Å². The summed E-state index contributed by atoms with van der Waals surface area (Å²) in [5.41, 5.74) is 0. The smallest absolute Gasteiger partial charge is 0.239 e. The van der Waals surface area contributed by atoms with Gasteiger partial charge in [0.15, 0.2) is 0 Å². The van der Waals surface area contributed by atoms with Gasteiger partial charge in [0.05, 0.1) is 12.7 Å². The Morgan fingerprint density at radius 1 is 1.69 bits per heavy atom. The van der Waals surface area contributed by atoms with Gasteiger partial charge in [-0.15, -0.1) is 6.58 Å². The summed E-state index contributed by atoms with van der Waals surface area (Å²) in [6.07, 6.45) is 3.39. The van der Waals surface area contributed by atoms with E-state index < -0.39 is 0 Å². The van der Waals surface area contributed by atoms with Crippen LogP contribution in [0.15, 0.2) is 24.9 Å². The standard InChI is InChI=1S/C11H18N4O/c1-4-6-12-8-11(16)14-10-5-7-13-15(10)9(2)3/h4-5,7,9,12H,1,6,8H2,2-3H3,(H,14,16). The van der Waals surface area contributed by atoms with Crippen LogP contribution in [0.5, 0.6) is 0 Å². The van der Waals surface area contributed by atoms with Crippen LogP contribution in [0.2, 0.25) is 0 Å². The number of carbonyl (C=O) groups excluding carboxylic acids is 1. The van der Waals surface area contributed by atoms with E-state index in [0.29, 0.717) is 6.54 Å². The second-order valence-electron chi connectivity index (χ2n) is 3.72. The van der Waals surface area contributed by atoms with Gasteiger partial charge in [-0.1, -0.05) is 6.08 Å². The average molecular weight is 222 g/mol. The first-order chi connectivity index (χ1) is 7.65. The summed E-state index contributed by atoms with van der Waals surface area (Å²) in [5.74, 6) is 0.643. The SMILES string of the molecule is C=CCNCC(=O)Nc1ccnn1C(C)C. The zero-order valence-electron chi connectivity index (χ0n) is 9.73.